The number of fused-ring (bicyclic) bond motifs is 2. The summed E-state index contributed by atoms with van der Waals surface area (Å²) < 4.78 is 0. The maximum Gasteiger partial charge on any atom is 0.332 e. The summed E-state index contributed by atoms with van der Waals surface area (Å²) in [6.07, 6.45) is 0.286. The van der Waals surface area contributed by atoms with Crippen molar-refractivity contribution in [3.8, 4) is 0 Å². The van der Waals surface area contributed by atoms with Crippen LogP contribution in [0.1, 0.15) is 24.5 Å². The van der Waals surface area contributed by atoms with Gasteiger partial charge in [0, 0.05) is 19.6 Å². The highest BCUT2D eigenvalue weighted by Gasteiger charge is 2.47. The number of carbonyl (C=O) groups is 3. The Bertz CT molecular complexity index is 1380. The number of nitrogens with zero attached hydrogens (tertiary/aromatic N) is 4. The van der Waals surface area contributed by atoms with Crippen molar-refractivity contribution in [3.05, 3.63) is 81.8 Å². The lowest BCUT2D eigenvalue weighted by molar-refractivity contribution is -0.149. The summed E-state index contributed by atoms with van der Waals surface area (Å²) in [5.74, 6) is -0.262. The van der Waals surface area contributed by atoms with Gasteiger partial charge in [0.15, 0.2) is 0 Å². The SMILES string of the molecule is CCCN(C(=O)NCc1ccc(Cl)c(Cl)c1)N1CC(=O)N2CC(=O)N(Cc3cccc4ccccc34)C[C@@H]21. The van der Waals surface area contributed by atoms with Crippen LogP contribution in [0.25, 0.3) is 10.8 Å². The topological polar surface area (TPSA) is 76.2 Å². The van der Waals surface area contributed by atoms with Crippen molar-refractivity contribution in [2.75, 3.05) is 26.2 Å². The van der Waals surface area contributed by atoms with Gasteiger partial charge in [-0.1, -0.05) is 78.7 Å². The molecule has 0 spiro atoms. The molecule has 5 rings (SSSR count). The molecule has 4 amide bonds. The summed E-state index contributed by atoms with van der Waals surface area (Å²) >= 11 is 12.1. The number of hydrogen-bond acceptors (Lipinski definition) is 4. The number of hydrazine groups is 1. The number of nitrogens with one attached hydrogen (secondary N) is 1. The molecule has 1 N–H and O–H groups in total. The molecule has 2 fully saturated rings. The van der Waals surface area contributed by atoms with Crippen LogP contribution in [0, 0.1) is 0 Å². The molecule has 0 bridgehead atoms. The van der Waals surface area contributed by atoms with Gasteiger partial charge in [0.05, 0.1) is 23.1 Å². The molecule has 3 aromatic carbocycles. The quantitative estimate of drug-likeness (QED) is 0.467. The van der Waals surface area contributed by atoms with Gasteiger partial charge in [-0.2, -0.15) is 5.01 Å². The number of carbonyl (C=O) groups excluding carboxylic acids is 3. The van der Waals surface area contributed by atoms with Crippen LogP contribution in [0.4, 0.5) is 4.79 Å². The van der Waals surface area contributed by atoms with Crippen LogP contribution < -0.4 is 5.32 Å². The van der Waals surface area contributed by atoms with Crippen molar-refractivity contribution in [2.45, 2.75) is 32.6 Å². The van der Waals surface area contributed by atoms with E-state index in [1.54, 1.807) is 38.0 Å². The highest BCUT2D eigenvalue weighted by Crippen LogP contribution is 2.27. The van der Waals surface area contributed by atoms with E-state index in [0.29, 0.717) is 36.1 Å². The number of benzene rings is 3. The van der Waals surface area contributed by atoms with Gasteiger partial charge in [0.25, 0.3) is 0 Å². The van der Waals surface area contributed by atoms with Gasteiger partial charge >= 0.3 is 6.03 Å². The second-order valence-corrected chi connectivity index (χ2v) is 10.4. The molecule has 10 heteroatoms. The van der Waals surface area contributed by atoms with Crippen molar-refractivity contribution in [1.82, 2.24) is 25.1 Å². The third-order valence-electron chi connectivity index (χ3n) is 7.01. The van der Waals surface area contributed by atoms with E-state index in [1.165, 1.54) is 0 Å². The maximum absolute atomic E-state index is 13.3. The number of hydrogen-bond donors (Lipinski definition) is 1. The van der Waals surface area contributed by atoms with E-state index in [0.717, 1.165) is 21.9 Å². The highest BCUT2D eigenvalue weighted by molar-refractivity contribution is 6.42. The minimum Gasteiger partial charge on any atom is -0.333 e. The molecule has 0 saturated carbocycles. The Balaban J connectivity index is 1.33. The van der Waals surface area contributed by atoms with E-state index in [2.05, 4.69) is 23.5 Å². The highest BCUT2D eigenvalue weighted by atomic mass is 35.5. The molecule has 38 heavy (non-hydrogen) atoms. The Morgan fingerprint density at radius 2 is 1.79 bits per heavy atom. The Morgan fingerprint density at radius 1 is 1.00 bits per heavy atom. The minimum atomic E-state index is -0.419. The fourth-order valence-corrected chi connectivity index (χ4v) is 5.43. The molecular formula is C28H29Cl2N5O3. The van der Waals surface area contributed by atoms with Crippen molar-refractivity contribution >= 4 is 51.8 Å². The first kappa shape index (κ1) is 26.3. The standard InChI is InChI=1S/C28H29Cl2N5O3/c1-2-12-34(28(38)31-14-19-10-11-23(29)24(30)13-19)35-18-27(37)33-17-26(36)32(16-25(33)35)15-21-8-5-7-20-6-3-4-9-22(20)21/h3-11,13,25H,2,12,14-18H2,1H3,(H,31,38)/t25-/m0/s1. The zero-order chi connectivity index (χ0) is 26.8. The summed E-state index contributed by atoms with van der Waals surface area (Å²) in [7, 11) is 0. The second kappa shape index (κ2) is 11.2. The zero-order valence-electron chi connectivity index (χ0n) is 21.1. The van der Waals surface area contributed by atoms with Gasteiger partial charge < -0.3 is 15.1 Å². The molecule has 1 atom stereocenters. The fraction of sp³-hybridized carbons (Fsp3) is 0.321. The molecule has 3 aromatic rings. The molecule has 2 aliphatic rings. The predicted octanol–water partition coefficient (Wildman–Crippen LogP) is 4.50. The number of halogens is 2. The van der Waals surface area contributed by atoms with E-state index in [-0.39, 0.29) is 37.5 Å². The zero-order valence-corrected chi connectivity index (χ0v) is 22.6. The van der Waals surface area contributed by atoms with E-state index in [9.17, 15) is 14.4 Å². The Kier molecular flexibility index (Phi) is 7.74. The van der Waals surface area contributed by atoms with E-state index < -0.39 is 6.17 Å². The predicted molar refractivity (Wildman–Crippen MR) is 147 cm³/mol. The van der Waals surface area contributed by atoms with E-state index in [1.807, 2.05) is 31.2 Å². The third-order valence-corrected chi connectivity index (χ3v) is 7.75. The van der Waals surface area contributed by atoms with Crippen LogP contribution in [0.15, 0.2) is 60.7 Å². The maximum atomic E-state index is 13.3. The number of piperazine rings is 1. The monoisotopic (exact) mass is 553 g/mol. The molecule has 0 unspecified atom stereocenters. The van der Waals surface area contributed by atoms with Crippen molar-refractivity contribution < 1.29 is 14.4 Å². The van der Waals surface area contributed by atoms with Crippen molar-refractivity contribution in [2.24, 2.45) is 0 Å². The Hall–Kier alpha value is -3.33. The molecule has 2 saturated heterocycles. The lowest BCUT2D eigenvalue weighted by Crippen LogP contribution is -2.62. The molecule has 8 nitrogen and oxygen atoms in total. The molecular weight excluding hydrogens is 525 g/mol. The van der Waals surface area contributed by atoms with Crippen LogP contribution in [-0.4, -0.2) is 70.0 Å². The number of rotatable bonds is 7. The third kappa shape index (κ3) is 5.29. The van der Waals surface area contributed by atoms with Crippen LogP contribution in [-0.2, 0) is 22.7 Å². The normalized spacial score (nSPS) is 17.7. The Labute approximate surface area is 231 Å². The first-order valence-corrected chi connectivity index (χ1v) is 13.4. The van der Waals surface area contributed by atoms with E-state index >= 15 is 0 Å². The van der Waals surface area contributed by atoms with E-state index in [4.69, 9.17) is 23.2 Å². The molecule has 0 aliphatic carbocycles. The number of urea groups is 1. The smallest absolute Gasteiger partial charge is 0.332 e. The average molecular weight is 554 g/mol. The first-order valence-electron chi connectivity index (χ1n) is 12.7. The molecule has 198 valence electrons. The van der Waals surface area contributed by atoms with Crippen LogP contribution >= 0.6 is 23.2 Å². The van der Waals surface area contributed by atoms with Crippen molar-refractivity contribution in [3.63, 3.8) is 0 Å². The summed E-state index contributed by atoms with van der Waals surface area (Å²) in [5.41, 5.74) is 1.86. The molecule has 0 aromatic heterocycles. The molecule has 0 radical (unpaired) electrons. The van der Waals surface area contributed by atoms with Crippen LogP contribution in [0.3, 0.4) is 0 Å². The van der Waals surface area contributed by atoms with Crippen LogP contribution in [0.5, 0.6) is 0 Å². The van der Waals surface area contributed by atoms with Gasteiger partial charge in [0.2, 0.25) is 11.8 Å². The van der Waals surface area contributed by atoms with Gasteiger partial charge in [-0.15, -0.1) is 0 Å². The van der Waals surface area contributed by atoms with Gasteiger partial charge in [0.1, 0.15) is 12.7 Å². The van der Waals surface area contributed by atoms with Crippen LogP contribution in [0.2, 0.25) is 10.0 Å². The van der Waals surface area contributed by atoms with Gasteiger partial charge in [-0.05, 0) is 40.5 Å². The van der Waals surface area contributed by atoms with Gasteiger partial charge in [-0.3, -0.25) is 14.6 Å². The lowest BCUT2D eigenvalue weighted by Gasteiger charge is -2.42. The second-order valence-electron chi connectivity index (χ2n) is 9.54. The fourth-order valence-electron chi connectivity index (χ4n) is 5.10. The minimum absolute atomic E-state index is 0.00434. The lowest BCUT2D eigenvalue weighted by atomic mass is 10.0. The first-order chi connectivity index (χ1) is 18.4. The Morgan fingerprint density at radius 3 is 2.58 bits per heavy atom. The summed E-state index contributed by atoms with van der Waals surface area (Å²) in [4.78, 5) is 42.7. The molecule has 2 aliphatic heterocycles. The average Bonchev–Trinajstić information content (AvgIpc) is 3.22. The number of amides is 4. The van der Waals surface area contributed by atoms with Crippen molar-refractivity contribution in [1.29, 1.82) is 0 Å². The van der Waals surface area contributed by atoms with Gasteiger partial charge in [-0.25, -0.2) is 4.79 Å². The molecule has 2 heterocycles. The summed E-state index contributed by atoms with van der Waals surface area (Å²) in [6.45, 7) is 3.46. The largest absolute Gasteiger partial charge is 0.333 e. The summed E-state index contributed by atoms with van der Waals surface area (Å²) in [5, 5.41) is 9.39. The summed E-state index contributed by atoms with van der Waals surface area (Å²) in [6, 6.07) is 19.0.